The van der Waals surface area contributed by atoms with Crippen molar-refractivity contribution in [1.29, 1.82) is 0 Å². The number of carbonyl (C=O) groups is 1. The van der Waals surface area contributed by atoms with E-state index >= 15 is 0 Å². The van der Waals surface area contributed by atoms with Gasteiger partial charge in [0.2, 0.25) is 0 Å². The quantitative estimate of drug-likeness (QED) is 0.858. The second kappa shape index (κ2) is 7.05. The van der Waals surface area contributed by atoms with Crippen molar-refractivity contribution in [1.82, 2.24) is 0 Å². The van der Waals surface area contributed by atoms with Gasteiger partial charge in [-0.05, 0) is 75.1 Å². The molecule has 0 fully saturated rings. The van der Waals surface area contributed by atoms with Crippen molar-refractivity contribution >= 4 is 23.2 Å². The highest BCUT2D eigenvalue weighted by molar-refractivity contribution is 6.31. The lowest BCUT2D eigenvalue weighted by atomic mass is 10.1. The molecule has 0 spiro atoms. The number of hydrogen-bond donors (Lipinski definition) is 1. The summed E-state index contributed by atoms with van der Waals surface area (Å²) in [7, 11) is 0. The van der Waals surface area contributed by atoms with Gasteiger partial charge in [-0.15, -0.1) is 0 Å². The molecule has 0 aliphatic carbocycles. The first-order valence-corrected chi connectivity index (χ1v) is 7.97. The Hall–Kier alpha value is -2.00. The Bertz CT molecular complexity index is 740. The van der Waals surface area contributed by atoms with Crippen LogP contribution in [0, 0.1) is 27.7 Å². The van der Waals surface area contributed by atoms with E-state index in [-0.39, 0.29) is 5.91 Å². The van der Waals surface area contributed by atoms with Gasteiger partial charge in [0.25, 0.3) is 5.91 Å². The maximum absolute atomic E-state index is 12.3. The van der Waals surface area contributed by atoms with Gasteiger partial charge in [-0.3, -0.25) is 4.79 Å². The average molecular weight is 332 g/mol. The lowest BCUT2D eigenvalue weighted by Gasteiger charge is -2.18. The van der Waals surface area contributed by atoms with Gasteiger partial charge in [0.15, 0.2) is 6.10 Å². The van der Waals surface area contributed by atoms with Gasteiger partial charge in [0.05, 0.1) is 0 Å². The predicted octanol–water partition coefficient (Wildman–Crippen LogP) is 4.98. The zero-order valence-electron chi connectivity index (χ0n) is 14.2. The molecule has 1 atom stereocenters. The van der Waals surface area contributed by atoms with Crippen LogP contribution in [-0.4, -0.2) is 12.0 Å². The van der Waals surface area contributed by atoms with Crippen LogP contribution in [0.2, 0.25) is 5.02 Å². The molecule has 23 heavy (non-hydrogen) atoms. The normalized spacial score (nSPS) is 11.9. The van der Waals surface area contributed by atoms with Gasteiger partial charge in [-0.2, -0.15) is 0 Å². The molecule has 0 aliphatic heterocycles. The van der Waals surface area contributed by atoms with E-state index in [2.05, 4.69) is 11.4 Å². The summed E-state index contributed by atoms with van der Waals surface area (Å²) in [4.78, 5) is 12.3. The van der Waals surface area contributed by atoms with Crippen LogP contribution in [0.15, 0.2) is 30.3 Å². The summed E-state index contributed by atoms with van der Waals surface area (Å²) in [6, 6.07) is 9.49. The Labute approximate surface area is 142 Å². The van der Waals surface area contributed by atoms with Crippen LogP contribution in [-0.2, 0) is 4.79 Å². The first-order chi connectivity index (χ1) is 10.8. The molecule has 0 saturated carbocycles. The summed E-state index contributed by atoms with van der Waals surface area (Å²) in [5.41, 5.74) is 4.95. The van der Waals surface area contributed by atoms with E-state index in [9.17, 15) is 4.79 Å². The molecule has 3 nitrogen and oxygen atoms in total. The van der Waals surface area contributed by atoms with Gasteiger partial charge in [0, 0.05) is 10.7 Å². The van der Waals surface area contributed by atoms with Gasteiger partial charge in [0.1, 0.15) is 5.75 Å². The van der Waals surface area contributed by atoms with E-state index in [1.807, 2.05) is 45.9 Å². The van der Waals surface area contributed by atoms with Crippen LogP contribution in [0.1, 0.15) is 29.2 Å². The zero-order chi connectivity index (χ0) is 17.1. The van der Waals surface area contributed by atoms with Crippen LogP contribution >= 0.6 is 11.6 Å². The number of ether oxygens (including phenoxy) is 1. The molecule has 0 aromatic heterocycles. The van der Waals surface area contributed by atoms with Crippen LogP contribution in [0.5, 0.6) is 5.75 Å². The lowest BCUT2D eigenvalue weighted by Crippen LogP contribution is -2.30. The topological polar surface area (TPSA) is 38.3 Å². The molecule has 1 amide bonds. The van der Waals surface area contributed by atoms with Crippen molar-refractivity contribution in [2.45, 2.75) is 40.7 Å². The van der Waals surface area contributed by atoms with E-state index in [4.69, 9.17) is 16.3 Å². The molecule has 0 heterocycles. The van der Waals surface area contributed by atoms with Crippen molar-refractivity contribution in [2.24, 2.45) is 0 Å². The molecule has 1 unspecified atom stereocenters. The maximum atomic E-state index is 12.3. The number of carbonyl (C=O) groups excluding carboxylic acids is 1. The van der Waals surface area contributed by atoms with Crippen LogP contribution in [0.4, 0.5) is 5.69 Å². The number of nitrogens with one attached hydrogen (secondary N) is 1. The Balaban J connectivity index is 2.10. The van der Waals surface area contributed by atoms with Gasteiger partial charge in [-0.1, -0.05) is 23.7 Å². The fourth-order valence-corrected chi connectivity index (χ4v) is 2.46. The highest BCUT2D eigenvalue weighted by Gasteiger charge is 2.17. The number of aryl methyl sites for hydroxylation is 3. The molecule has 0 saturated heterocycles. The van der Waals surface area contributed by atoms with Crippen molar-refractivity contribution in [3.05, 3.63) is 57.6 Å². The summed E-state index contributed by atoms with van der Waals surface area (Å²) in [6.45, 7) is 9.70. The van der Waals surface area contributed by atoms with Crippen molar-refractivity contribution in [2.75, 3.05) is 5.32 Å². The third-order valence-electron chi connectivity index (χ3n) is 3.88. The van der Waals surface area contributed by atoms with Crippen LogP contribution in [0.3, 0.4) is 0 Å². The summed E-state index contributed by atoms with van der Waals surface area (Å²) in [5, 5.41) is 3.46. The molecule has 0 radical (unpaired) electrons. The van der Waals surface area contributed by atoms with Crippen LogP contribution < -0.4 is 10.1 Å². The largest absolute Gasteiger partial charge is 0.481 e. The standard InChI is InChI=1S/C19H22ClNO2/c1-11-8-13(3)14(4)18(9-11)23-15(5)19(22)21-16-7-6-12(2)17(20)10-16/h6-10,15H,1-5H3,(H,21,22). The molecule has 2 aromatic rings. The highest BCUT2D eigenvalue weighted by Crippen LogP contribution is 2.25. The second-order valence-electron chi connectivity index (χ2n) is 5.92. The van der Waals surface area contributed by atoms with E-state index in [0.29, 0.717) is 10.7 Å². The third-order valence-corrected chi connectivity index (χ3v) is 4.28. The van der Waals surface area contributed by atoms with Crippen LogP contribution in [0.25, 0.3) is 0 Å². The minimum atomic E-state index is -0.602. The zero-order valence-corrected chi connectivity index (χ0v) is 14.9. The summed E-state index contributed by atoms with van der Waals surface area (Å²) >= 11 is 6.08. The first kappa shape index (κ1) is 17.4. The third kappa shape index (κ3) is 4.26. The Morgan fingerprint density at radius 3 is 2.43 bits per heavy atom. The van der Waals surface area contributed by atoms with E-state index in [0.717, 1.165) is 28.0 Å². The minimum absolute atomic E-state index is 0.205. The predicted molar refractivity (Wildman–Crippen MR) is 95.6 cm³/mol. The molecular weight excluding hydrogens is 310 g/mol. The van der Waals surface area contributed by atoms with Gasteiger partial charge >= 0.3 is 0 Å². The molecule has 122 valence electrons. The summed E-state index contributed by atoms with van der Waals surface area (Å²) < 4.78 is 5.85. The lowest BCUT2D eigenvalue weighted by molar-refractivity contribution is -0.122. The van der Waals surface area contributed by atoms with E-state index < -0.39 is 6.10 Å². The minimum Gasteiger partial charge on any atom is -0.481 e. The molecular formula is C19H22ClNO2. The van der Waals surface area contributed by atoms with Crippen molar-refractivity contribution < 1.29 is 9.53 Å². The SMILES string of the molecule is Cc1cc(C)c(C)c(OC(C)C(=O)Nc2ccc(C)c(Cl)c2)c1. The van der Waals surface area contributed by atoms with Gasteiger partial charge in [-0.25, -0.2) is 0 Å². The van der Waals surface area contributed by atoms with E-state index in [1.165, 1.54) is 0 Å². The average Bonchev–Trinajstić information content (AvgIpc) is 2.48. The Morgan fingerprint density at radius 1 is 1.09 bits per heavy atom. The van der Waals surface area contributed by atoms with Gasteiger partial charge < -0.3 is 10.1 Å². The first-order valence-electron chi connectivity index (χ1n) is 7.59. The molecule has 0 bridgehead atoms. The highest BCUT2D eigenvalue weighted by atomic mass is 35.5. The van der Waals surface area contributed by atoms with Crippen molar-refractivity contribution in [3.63, 3.8) is 0 Å². The second-order valence-corrected chi connectivity index (χ2v) is 6.33. The molecule has 1 N–H and O–H groups in total. The number of amides is 1. The van der Waals surface area contributed by atoms with E-state index in [1.54, 1.807) is 13.0 Å². The molecule has 4 heteroatoms. The number of anilines is 1. The number of benzene rings is 2. The number of hydrogen-bond acceptors (Lipinski definition) is 2. The Morgan fingerprint density at radius 2 is 1.78 bits per heavy atom. The molecule has 0 aliphatic rings. The molecule has 2 aromatic carbocycles. The fourth-order valence-electron chi connectivity index (χ4n) is 2.28. The monoisotopic (exact) mass is 331 g/mol. The maximum Gasteiger partial charge on any atom is 0.265 e. The smallest absolute Gasteiger partial charge is 0.265 e. The number of rotatable bonds is 4. The van der Waals surface area contributed by atoms with Crippen molar-refractivity contribution in [3.8, 4) is 5.75 Å². The number of halogens is 1. The Kier molecular flexibility index (Phi) is 5.32. The summed E-state index contributed by atoms with van der Waals surface area (Å²) in [6.07, 6.45) is -0.602. The molecule has 2 rings (SSSR count). The fraction of sp³-hybridized carbons (Fsp3) is 0.316. The summed E-state index contributed by atoms with van der Waals surface area (Å²) in [5.74, 6) is 0.538.